The maximum absolute atomic E-state index is 4.22. The van der Waals surface area contributed by atoms with Crippen molar-refractivity contribution in [3.8, 4) is 0 Å². The maximum Gasteiger partial charge on any atom is 0.0410 e. The first-order chi connectivity index (χ1) is 8.69. The van der Waals surface area contributed by atoms with Crippen LogP contribution in [0.15, 0.2) is 22.9 Å². The van der Waals surface area contributed by atoms with Crippen molar-refractivity contribution in [2.75, 3.05) is 26.7 Å². The molecule has 1 unspecified atom stereocenters. The number of likely N-dealkylation sites (N-methyl/N-ethyl adjacent to an activating group) is 2. The summed E-state index contributed by atoms with van der Waals surface area (Å²) in [5.41, 5.74) is 1.27. The van der Waals surface area contributed by atoms with Crippen LogP contribution in [-0.2, 0) is 6.54 Å². The first-order valence-corrected chi connectivity index (χ1v) is 7.50. The van der Waals surface area contributed by atoms with Gasteiger partial charge in [0.15, 0.2) is 0 Å². The number of halogens is 1. The minimum absolute atomic E-state index is 0.736. The van der Waals surface area contributed by atoms with E-state index >= 15 is 0 Å². The summed E-state index contributed by atoms with van der Waals surface area (Å²) in [6.07, 6.45) is 6.48. The minimum atomic E-state index is 0.736. The average Bonchev–Trinajstić information content (AvgIpc) is 2.76. The van der Waals surface area contributed by atoms with E-state index in [4.69, 9.17) is 0 Å². The van der Waals surface area contributed by atoms with Crippen LogP contribution in [0.2, 0.25) is 0 Å². The molecule has 3 nitrogen and oxygen atoms in total. The third-order valence-corrected chi connectivity index (χ3v) is 4.08. The van der Waals surface area contributed by atoms with Crippen molar-refractivity contribution in [1.82, 2.24) is 14.8 Å². The molecule has 1 fully saturated rings. The van der Waals surface area contributed by atoms with Gasteiger partial charge >= 0.3 is 0 Å². The molecule has 1 saturated heterocycles. The molecule has 1 aliphatic rings. The summed E-state index contributed by atoms with van der Waals surface area (Å²) in [6, 6.07) is 2.88. The lowest BCUT2D eigenvalue weighted by Crippen LogP contribution is -2.38. The number of nitrogens with zero attached hydrogens (tertiary/aromatic N) is 3. The maximum atomic E-state index is 4.22. The summed E-state index contributed by atoms with van der Waals surface area (Å²) in [6.45, 7) is 6.84. The predicted molar refractivity (Wildman–Crippen MR) is 78.5 cm³/mol. The normalized spacial score (nSPS) is 20.8. The molecular formula is C14H22BrN3. The predicted octanol–water partition coefficient (Wildman–Crippen LogP) is 2.76. The molecule has 2 rings (SSSR count). The smallest absolute Gasteiger partial charge is 0.0410 e. The Morgan fingerprint density at radius 1 is 1.50 bits per heavy atom. The molecule has 0 bridgehead atoms. The van der Waals surface area contributed by atoms with Gasteiger partial charge in [-0.1, -0.05) is 6.92 Å². The largest absolute Gasteiger partial charge is 0.301 e. The first kappa shape index (κ1) is 14.0. The zero-order chi connectivity index (χ0) is 13.0. The summed E-state index contributed by atoms with van der Waals surface area (Å²) >= 11 is 3.47. The number of likely N-dealkylation sites (tertiary alicyclic amines) is 1. The Bertz CT molecular complexity index is 383. The molecule has 0 spiro atoms. The molecule has 4 heteroatoms. The summed E-state index contributed by atoms with van der Waals surface area (Å²) in [4.78, 5) is 9.21. The molecule has 2 heterocycles. The van der Waals surface area contributed by atoms with Gasteiger partial charge in [-0.3, -0.25) is 9.88 Å². The Kier molecular flexibility index (Phi) is 5.15. The van der Waals surface area contributed by atoms with Gasteiger partial charge in [-0.25, -0.2) is 0 Å². The van der Waals surface area contributed by atoms with E-state index in [-0.39, 0.29) is 0 Å². The fourth-order valence-electron chi connectivity index (χ4n) is 2.80. The van der Waals surface area contributed by atoms with E-state index in [1.165, 1.54) is 31.5 Å². The number of hydrogen-bond donors (Lipinski definition) is 0. The Morgan fingerprint density at radius 2 is 2.33 bits per heavy atom. The number of pyridine rings is 1. The number of aromatic nitrogens is 1. The van der Waals surface area contributed by atoms with Crippen LogP contribution in [0.3, 0.4) is 0 Å². The second kappa shape index (κ2) is 6.64. The van der Waals surface area contributed by atoms with Crippen LogP contribution < -0.4 is 0 Å². The highest BCUT2D eigenvalue weighted by Crippen LogP contribution is 2.18. The summed E-state index contributed by atoms with van der Waals surface area (Å²) in [7, 11) is 2.20. The van der Waals surface area contributed by atoms with Crippen LogP contribution in [-0.4, -0.2) is 47.5 Å². The Balaban J connectivity index is 1.86. The van der Waals surface area contributed by atoms with Gasteiger partial charge in [0.2, 0.25) is 0 Å². The van der Waals surface area contributed by atoms with E-state index in [0.29, 0.717) is 0 Å². The van der Waals surface area contributed by atoms with Crippen LogP contribution in [0.25, 0.3) is 0 Å². The monoisotopic (exact) mass is 311 g/mol. The molecule has 0 saturated carbocycles. The zero-order valence-corrected chi connectivity index (χ0v) is 12.9. The van der Waals surface area contributed by atoms with Crippen molar-refractivity contribution >= 4 is 15.9 Å². The van der Waals surface area contributed by atoms with Crippen molar-refractivity contribution in [2.24, 2.45) is 0 Å². The molecule has 0 aliphatic carbocycles. The van der Waals surface area contributed by atoms with E-state index in [2.05, 4.69) is 50.8 Å². The molecule has 1 atom stereocenters. The SMILES string of the molecule is CCN1CCCC1CN(C)Cc1cncc(Br)c1. The molecule has 1 aromatic rings. The molecule has 0 radical (unpaired) electrons. The van der Waals surface area contributed by atoms with E-state index in [0.717, 1.165) is 23.6 Å². The highest BCUT2D eigenvalue weighted by molar-refractivity contribution is 9.10. The molecule has 1 aromatic heterocycles. The van der Waals surface area contributed by atoms with Gasteiger partial charge in [0.05, 0.1) is 0 Å². The van der Waals surface area contributed by atoms with Crippen LogP contribution >= 0.6 is 15.9 Å². The van der Waals surface area contributed by atoms with Crippen molar-refractivity contribution in [3.05, 3.63) is 28.5 Å². The zero-order valence-electron chi connectivity index (χ0n) is 11.3. The fourth-order valence-corrected chi connectivity index (χ4v) is 3.21. The fraction of sp³-hybridized carbons (Fsp3) is 0.643. The molecule has 0 N–H and O–H groups in total. The highest BCUT2D eigenvalue weighted by atomic mass is 79.9. The van der Waals surface area contributed by atoms with Crippen molar-refractivity contribution in [1.29, 1.82) is 0 Å². The third-order valence-electron chi connectivity index (χ3n) is 3.64. The summed E-state index contributed by atoms with van der Waals surface area (Å²) in [5.74, 6) is 0. The van der Waals surface area contributed by atoms with E-state index < -0.39 is 0 Å². The number of hydrogen-bond acceptors (Lipinski definition) is 3. The Morgan fingerprint density at radius 3 is 3.06 bits per heavy atom. The molecule has 0 amide bonds. The third kappa shape index (κ3) is 3.77. The van der Waals surface area contributed by atoms with Crippen LogP contribution in [0.5, 0.6) is 0 Å². The average molecular weight is 312 g/mol. The van der Waals surface area contributed by atoms with Gasteiger partial charge in [0.25, 0.3) is 0 Å². The minimum Gasteiger partial charge on any atom is -0.301 e. The van der Waals surface area contributed by atoms with Gasteiger partial charge in [-0.05, 0) is 60.5 Å². The second-order valence-corrected chi connectivity index (χ2v) is 6.05. The van der Waals surface area contributed by atoms with E-state index in [1.54, 1.807) is 0 Å². The van der Waals surface area contributed by atoms with Crippen molar-refractivity contribution in [3.63, 3.8) is 0 Å². The lowest BCUT2D eigenvalue weighted by molar-refractivity contribution is 0.194. The van der Waals surface area contributed by atoms with Crippen molar-refractivity contribution in [2.45, 2.75) is 32.4 Å². The topological polar surface area (TPSA) is 19.4 Å². The lowest BCUT2D eigenvalue weighted by Gasteiger charge is -2.27. The molecule has 100 valence electrons. The van der Waals surface area contributed by atoms with Gasteiger partial charge in [-0.2, -0.15) is 0 Å². The molecule has 0 aromatic carbocycles. The van der Waals surface area contributed by atoms with E-state index in [1.807, 2.05) is 12.4 Å². The molecule has 1 aliphatic heterocycles. The van der Waals surface area contributed by atoms with Crippen LogP contribution in [0.1, 0.15) is 25.3 Å². The highest BCUT2D eigenvalue weighted by Gasteiger charge is 2.23. The van der Waals surface area contributed by atoms with Gasteiger partial charge in [0, 0.05) is 36.0 Å². The van der Waals surface area contributed by atoms with Gasteiger partial charge < -0.3 is 4.90 Å². The number of rotatable bonds is 5. The summed E-state index contributed by atoms with van der Waals surface area (Å²) < 4.78 is 1.06. The quantitative estimate of drug-likeness (QED) is 0.833. The summed E-state index contributed by atoms with van der Waals surface area (Å²) in [5, 5.41) is 0. The van der Waals surface area contributed by atoms with Crippen LogP contribution in [0.4, 0.5) is 0 Å². The molecule has 18 heavy (non-hydrogen) atoms. The van der Waals surface area contributed by atoms with E-state index in [9.17, 15) is 0 Å². The van der Waals surface area contributed by atoms with Crippen LogP contribution in [0, 0.1) is 0 Å². The molecular weight excluding hydrogens is 290 g/mol. The van der Waals surface area contributed by atoms with Crippen molar-refractivity contribution < 1.29 is 0 Å². The Hall–Kier alpha value is -0.450. The second-order valence-electron chi connectivity index (χ2n) is 5.13. The first-order valence-electron chi connectivity index (χ1n) is 6.71. The standard InChI is InChI=1S/C14H22BrN3/c1-3-18-6-4-5-14(18)11-17(2)10-12-7-13(15)9-16-8-12/h7-9,14H,3-6,10-11H2,1-2H3. The lowest BCUT2D eigenvalue weighted by atomic mass is 10.2. The van der Waals surface area contributed by atoms with Gasteiger partial charge in [0.1, 0.15) is 0 Å². The Labute approximate surface area is 118 Å². The van der Waals surface area contributed by atoms with Gasteiger partial charge in [-0.15, -0.1) is 0 Å².